The van der Waals surface area contributed by atoms with E-state index in [-0.39, 0.29) is 11.3 Å². The van der Waals surface area contributed by atoms with E-state index in [1.165, 1.54) is 11.9 Å². The van der Waals surface area contributed by atoms with Crippen LogP contribution in [0.25, 0.3) is 0 Å². The van der Waals surface area contributed by atoms with Crippen molar-refractivity contribution in [1.29, 1.82) is 0 Å². The first-order chi connectivity index (χ1) is 13.9. The average molecular weight is 390 g/mol. The highest BCUT2D eigenvalue weighted by atomic mass is 16.5. The molecule has 0 aliphatic heterocycles. The normalized spacial score (nSPS) is 11.0. The van der Waals surface area contributed by atoms with Crippen LogP contribution in [0.1, 0.15) is 42.4 Å². The van der Waals surface area contributed by atoms with Gasteiger partial charge in [0.2, 0.25) is 0 Å². The number of hydrogen-bond acceptors (Lipinski definition) is 5. The lowest BCUT2D eigenvalue weighted by Crippen LogP contribution is -2.24. The van der Waals surface area contributed by atoms with E-state index in [2.05, 4.69) is 53.5 Å². The summed E-state index contributed by atoms with van der Waals surface area (Å²) in [7, 11) is 1.61. The number of methoxy groups -OCH3 is 1. The van der Waals surface area contributed by atoms with Crippen molar-refractivity contribution in [3.63, 3.8) is 0 Å². The third-order valence-electron chi connectivity index (χ3n) is 4.55. The van der Waals surface area contributed by atoms with E-state index in [0.717, 1.165) is 17.0 Å². The number of carbonyl (C=O) groups excluding carboxylic acids is 1. The number of aromatic nitrogens is 2. The molecule has 0 unspecified atom stereocenters. The number of carbonyl (C=O) groups is 1. The summed E-state index contributed by atoms with van der Waals surface area (Å²) in [6.07, 6.45) is 1.38. The third kappa shape index (κ3) is 5.31. The van der Waals surface area contributed by atoms with Crippen LogP contribution in [-0.2, 0) is 12.0 Å². The fraction of sp³-hybridized carbons (Fsp3) is 0.261. The number of nitrogens with one attached hydrogen (secondary N) is 2. The molecular weight excluding hydrogens is 364 g/mol. The topological polar surface area (TPSA) is 76.1 Å². The van der Waals surface area contributed by atoms with Crippen LogP contribution in [0.3, 0.4) is 0 Å². The predicted octanol–water partition coefficient (Wildman–Crippen LogP) is 4.46. The molecular formula is C23H26N4O2. The third-order valence-corrected chi connectivity index (χ3v) is 4.55. The Kier molecular flexibility index (Phi) is 6.12. The fourth-order valence-corrected chi connectivity index (χ4v) is 2.87. The van der Waals surface area contributed by atoms with Gasteiger partial charge in [0.15, 0.2) is 0 Å². The van der Waals surface area contributed by atoms with Crippen molar-refractivity contribution >= 4 is 17.4 Å². The summed E-state index contributed by atoms with van der Waals surface area (Å²) in [6.45, 7) is 6.88. The van der Waals surface area contributed by atoms with Crippen LogP contribution in [0.2, 0.25) is 0 Å². The zero-order chi connectivity index (χ0) is 20.9. The van der Waals surface area contributed by atoms with Crippen LogP contribution in [0.15, 0.2) is 60.9 Å². The van der Waals surface area contributed by atoms with Crippen LogP contribution < -0.4 is 15.4 Å². The predicted molar refractivity (Wildman–Crippen MR) is 115 cm³/mol. The first-order valence-electron chi connectivity index (χ1n) is 9.46. The zero-order valence-corrected chi connectivity index (χ0v) is 17.2. The molecule has 0 bridgehead atoms. The minimum atomic E-state index is -0.274. The molecule has 1 aromatic heterocycles. The Morgan fingerprint density at radius 1 is 1.03 bits per heavy atom. The standard InChI is InChI=1S/C23H26N4O2/c1-23(2,3)17-9-11-18(12-10-17)27-21-13-19(25-15-26-21)22(28)24-14-16-7-5-6-8-20(16)29-4/h5-13,15H,14H2,1-4H3,(H,24,28)(H,25,26,27). The second-order valence-electron chi connectivity index (χ2n) is 7.74. The minimum absolute atomic E-state index is 0.0974. The molecule has 0 atom stereocenters. The quantitative estimate of drug-likeness (QED) is 0.650. The molecule has 1 heterocycles. The lowest BCUT2D eigenvalue weighted by atomic mass is 9.87. The summed E-state index contributed by atoms with van der Waals surface area (Å²) in [5.74, 6) is 1.02. The lowest BCUT2D eigenvalue weighted by molar-refractivity contribution is 0.0945. The molecule has 1 amide bonds. The van der Waals surface area contributed by atoms with Gasteiger partial charge in [-0.1, -0.05) is 51.1 Å². The van der Waals surface area contributed by atoms with Crippen LogP contribution in [-0.4, -0.2) is 23.0 Å². The Hall–Kier alpha value is -3.41. The molecule has 6 heteroatoms. The van der Waals surface area contributed by atoms with E-state index in [4.69, 9.17) is 4.74 Å². The van der Waals surface area contributed by atoms with Gasteiger partial charge >= 0.3 is 0 Å². The first kappa shape index (κ1) is 20.3. The molecule has 2 N–H and O–H groups in total. The molecule has 0 aliphatic rings. The molecule has 2 aromatic carbocycles. The summed E-state index contributed by atoms with van der Waals surface area (Å²) in [6, 6.07) is 17.4. The van der Waals surface area contributed by atoms with Gasteiger partial charge in [0.25, 0.3) is 5.91 Å². The molecule has 150 valence electrons. The number of amides is 1. The molecule has 0 saturated carbocycles. The second-order valence-corrected chi connectivity index (χ2v) is 7.74. The zero-order valence-electron chi connectivity index (χ0n) is 17.2. The van der Waals surface area contributed by atoms with Gasteiger partial charge in [-0.25, -0.2) is 9.97 Å². The lowest BCUT2D eigenvalue weighted by Gasteiger charge is -2.19. The summed E-state index contributed by atoms with van der Waals surface area (Å²) in [5, 5.41) is 6.09. The molecule has 0 aliphatic carbocycles. The summed E-state index contributed by atoms with van der Waals surface area (Å²) in [5.41, 5.74) is 3.44. The number of benzene rings is 2. The van der Waals surface area contributed by atoms with Gasteiger partial charge in [0.1, 0.15) is 23.6 Å². The Labute approximate surface area is 171 Å². The number of para-hydroxylation sites is 1. The molecule has 0 fully saturated rings. The fourth-order valence-electron chi connectivity index (χ4n) is 2.87. The van der Waals surface area contributed by atoms with Crippen LogP contribution in [0, 0.1) is 0 Å². The van der Waals surface area contributed by atoms with Gasteiger partial charge in [0, 0.05) is 23.9 Å². The maximum Gasteiger partial charge on any atom is 0.270 e. The highest BCUT2D eigenvalue weighted by molar-refractivity contribution is 5.93. The van der Waals surface area contributed by atoms with Gasteiger partial charge in [-0.05, 0) is 29.2 Å². The van der Waals surface area contributed by atoms with Crippen molar-refractivity contribution in [1.82, 2.24) is 15.3 Å². The molecule has 3 rings (SSSR count). The average Bonchev–Trinajstić information content (AvgIpc) is 2.72. The van der Waals surface area contributed by atoms with E-state index in [1.807, 2.05) is 36.4 Å². The summed E-state index contributed by atoms with van der Waals surface area (Å²) >= 11 is 0. The Morgan fingerprint density at radius 3 is 2.45 bits per heavy atom. The van der Waals surface area contributed by atoms with Gasteiger partial charge in [-0.2, -0.15) is 0 Å². The van der Waals surface area contributed by atoms with E-state index in [1.54, 1.807) is 13.2 Å². The molecule has 29 heavy (non-hydrogen) atoms. The van der Waals surface area contributed by atoms with Crippen molar-refractivity contribution in [3.8, 4) is 5.75 Å². The highest BCUT2D eigenvalue weighted by Crippen LogP contribution is 2.24. The van der Waals surface area contributed by atoms with E-state index < -0.39 is 0 Å². The monoisotopic (exact) mass is 390 g/mol. The van der Waals surface area contributed by atoms with E-state index in [0.29, 0.717) is 18.1 Å². The van der Waals surface area contributed by atoms with Crippen LogP contribution >= 0.6 is 0 Å². The Balaban J connectivity index is 1.66. The second kappa shape index (κ2) is 8.73. The SMILES string of the molecule is COc1ccccc1CNC(=O)c1cc(Nc2ccc(C(C)(C)C)cc2)ncn1. The van der Waals surface area contributed by atoms with Gasteiger partial charge < -0.3 is 15.4 Å². The number of anilines is 2. The smallest absolute Gasteiger partial charge is 0.270 e. The molecule has 0 spiro atoms. The van der Waals surface area contributed by atoms with E-state index in [9.17, 15) is 4.79 Å². The van der Waals surface area contributed by atoms with Gasteiger partial charge in [-0.15, -0.1) is 0 Å². The number of ether oxygens (including phenoxy) is 1. The van der Waals surface area contributed by atoms with E-state index >= 15 is 0 Å². The molecule has 0 saturated heterocycles. The number of hydrogen-bond donors (Lipinski definition) is 2. The maximum absolute atomic E-state index is 12.5. The van der Waals surface area contributed by atoms with Crippen molar-refractivity contribution in [3.05, 3.63) is 77.7 Å². The van der Waals surface area contributed by atoms with Crippen molar-refractivity contribution in [2.75, 3.05) is 12.4 Å². The molecule has 3 aromatic rings. The highest BCUT2D eigenvalue weighted by Gasteiger charge is 2.13. The maximum atomic E-state index is 12.5. The summed E-state index contributed by atoms with van der Waals surface area (Å²) < 4.78 is 5.31. The van der Waals surface area contributed by atoms with Gasteiger partial charge in [0.05, 0.1) is 7.11 Å². The first-order valence-corrected chi connectivity index (χ1v) is 9.46. The van der Waals surface area contributed by atoms with Crippen molar-refractivity contribution in [2.24, 2.45) is 0 Å². The molecule has 6 nitrogen and oxygen atoms in total. The minimum Gasteiger partial charge on any atom is -0.496 e. The van der Waals surface area contributed by atoms with Gasteiger partial charge in [-0.3, -0.25) is 4.79 Å². The number of rotatable bonds is 6. The largest absolute Gasteiger partial charge is 0.496 e. The Morgan fingerprint density at radius 2 is 1.76 bits per heavy atom. The van der Waals surface area contributed by atoms with Crippen molar-refractivity contribution < 1.29 is 9.53 Å². The number of nitrogens with zero attached hydrogens (tertiary/aromatic N) is 2. The van der Waals surface area contributed by atoms with Crippen LogP contribution in [0.4, 0.5) is 11.5 Å². The Bertz CT molecular complexity index is 979. The molecule has 0 radical (unpaired) electrons. The van der Waals surface area contributed by atoms with Crippen molar-refractivity contribution in [2.45, 2.75) is 32.7 Å². The van der Waals surface area contributed by atoms with Crippen LogP contribution in [0.5, 0.6) is 5.75 Å². The summed E-state index contributed by atoms with van der Waals surface area (Å²) in [4.78, 5) is 20.8.